The lowest BCUT2D eigenvalue weighted by atomic mass is 10.2. The molecule has 0 atom stereocenters. The van der Waals surface area contributed by atoms with E-state index in [1.165, 1.54) is 12.3 Å². The van der Waals surface area contributed by atoms with Crippen LogP contribution in [0.25, 0.3) is 0 Å². The van der Waals surface area contributed by atoms with Crippen LogP contribution in [0.15, 0.2) is 24.4 Å². The van der Waals surface area contributed by atoms with Crippen LogP contribution in [0.3, 0.4) is 0 Å². The summed E-state index contributed by atoms with van der Waals surface area (Å²) in [6.45, 7) is 1.84. The fraction of sp³-hybridized carbons (Fsp3) is 0.0769. The summed E-state index contributed by atoms with van der Waals surface area (Å²) in [4.78, 5) is 14.8. The molecule has 0 radical (unpaired) electrons. The van der Waals surface area contributed by atoms with Crippen molar-refractivity contribution in [1.29, 1.82) is 0 Å². The molecule has 0 fully saturated rings. The predicted octanol–water partition coefficient (Wildman–Crippen LogP) is 3.72. The first kappa shape index (κ1) is 14.4. The highest BCUT2D eigenvalue weighted by Gasteiger charge is 2.12. The Morgan fingerprint density at radius 1 is 1.40 bits per heavy atom. The van der Waals surface area contributed by atoms with Gasteiger partial charge in [-0.05, 0) is 24.6 Å². The average molecular weight is 312 g/mol. The van der Waals surface area contributed by atoms with Crippen LogP contribution in [-0.2, 0) is 0 Å². The third-order valence-corrected chi connectivity index (χ3v) is 3.49. The summed E-state index contributed by atoms with van der Waals surface area (Å²) < 4.78 is 0. The van der Waals surface area contributed by atoms with E-state index >= 15 is 0 Å². The van der Waals surface area contributed by atoms with Crippen molar-refractivity contribution in [3.05, 3.63) is 45.6 Å². The molecule has 104 valence electrons. The standard InChI is InChI=1S/C13H11Cl2N3O2/c1-6-2-3-8(14)11(10(6)15)18-12-9(16)4-7(5-17-12)13(19)20/h2-5H,16H2,1H3,(H,17,18)(H,19,20). The molecule has 7 heteroatoms. The van der Waals surface area contributed by atoms with Gasteiger partial charge in [-0.3, -0.25) is 0 Å². The fourth-order valence-corrected chi connectivity index (χ4v) is 2.06. The van der Waals surface area contributed by atoms with Crippen molar-refractivity contribution in [1.82, 2.24) is 4.98 Å². The quantitative estimate of drug-likeness (QED) is 0.804. The summed E-state index contributed by atoms with van der Waals surface area (Å²) in [7, 11) is 0. The highest BCUT2D eigenvalue weighted by molar-refractivity contribution is 6.39. The van der Waals surface area contributed by atoms with Crippen molar-refractivity contribution in [3.63, 3.8) is 0 Å². The molecule has 0 amide bonds. The van der Waals surface area contributed by atoms with Crippen molar-refractivity contribution in [2.24, 2.45) is 0 Å². The topological polar surface area (TPSA) is 88.2 Å². The zero-order chi connectivity index (χ0) is 14.9. The predicted molar refractivity (Wildman–Crippen MR) is 80.1 cm³/mol. The number of carboxylic acids is 1. The minimum atomic E-state index is -1.10. The lowest BCUT2D eigenvalue weighted by molar-refractivity contribution is 0.0696. The molecule has 0 unspecified atom stereocenters. The molecule has 5 nitrogen and oxygen atoms in total. The molecule has 20 heavy (non-hydrogen) atoms. The van der Waals surface area contributed by atoms with Crippen LogP contribution in [0.2, 0.25) is 10.0 Å². The molecule has 0 bridgehead atoms. The minimum absolute atomic E-state index is 0.00878. The fourth-order valence-electron chi connectivity index (χ4n) is 1.59. The first-order valence-corrected chi connectivity index (χ1v) is 6.36. The highest BCUT2D eigenvalue weighted by Crippen LogP contribution is 2.35. The Morgan fingerprint density at radius 3 is 2.70 bits per heavy atom. The van der Waals surface area contributed by atoms with Crippen LogP contribution in [0.4, 0.5) is 17.2 Å². The zero-order valence-electron chi connectivity index (χ0n) is 10.4. The van der Waals surface area contributed by atoms with E-state index in [0.717, 1.165) is 5.56 Å². The second-order valence-corrected chi connectivity index (χ2v) is 4.93. The summed E-state index contributed by atoms with van der Waals surface area (Å²) in [5, 5.41) is 12.7. The van der Waals surface area contributed by atoms with Crippen LogP contribution in [0, 0.1) is 6.92 Å². The Balaban J connectivity index is 2.41. The van der Waals surface area contributed by atoms with Gasteiger partial charge in [0.2, 0.25) is 0 Å². The lowest BCUT2D eigenvalue weighted by Gasteiger charge is -2.13. The number of rotatable bonds is 3. The number of anilines is 3. The number of nitrogens with zero attached hydrogens (tertiary/aromatic N) is 1. The molecule has 1 aromatic carbocycles. The summed E-state index contributed by atoms with van der Waals surface area (Å²) in [5.41, 5.74) is 7.30. The number of benzene rings is 1. The number of hydrogen-bond donors (Lipinski definition) is 3. The maximum atomic E-state index is 10.8. The van der Waals surface area contributed by atoms with Crippen LogP contribution in [0.5, 0.6) is 0 Å². The monoisotopic (exact) mass is 311 g/mol. The van der Waals surface area contributed by atoms with Crippen LogP contribution < -0.4 is 11.1 Å². The van der Waals surface area contributed by atoms with Crippen LogP contribution in [0.1, 0.15) is 15.9 Å². The third-order valence-electron chi connectivity index (χ3n) is 2.69. The number of nitrogen functional groups attached to an aromatic ring is 1. The van der Waals surface area contributed by atoms with E-state index in [1.54, 1.807) is 12.1 Å². The molecule has 4 N–H and O–H groups in total. The molecule has 2 aromatic rings. The number of hydrogen-bond acceptors (Lipinski definition) is 4. The number of halogens is 2. The van der Waals surface area contributed by atoms with Crippen LogP contribution in [-0.4, -0.2) is 16.1 Å². The van der Waals surface area contributed by atoms with Gasteiger partial charge in [-0.1, -0.05) is 29.3 Å². The summed E-state index contributed by atoms with van der Waals surface area (Å²) >= 11 is 12.2. The van der Waals surface area contributed by atoms with E-state index in [-0.39, 0.29) is 11.3 Å². The SMILES string of the molecule is Cc1ccc(Cl)c(Nc2ncc(C(=O)O)cc2N)c1Cl. The van der Waals surface area contributed by atoms with Gasteiger partial charge in [-0.15, -0.1) is 0 Å². The van der Waals surface area contributed by atoms with Gasteiger partial charge < -0.3 is 16.2 Å². The maximum Gasteiger partial charge on any atom is 0.337 e. The first-order chi connectivity index (χ1) is 9.40. The number of carbonyl (C=O) groups is 1. The molecule has 0 saturated carbocycles. The second-order valence-electron chi connectivity index (χ2n) is 4.15. The van der Waals surface area contributed by atoms with Crippen molar-refractivity contribution >= 4 is 46.4 Å². The zero-order valence-corrected chi connectivity index (χ0v) is 12.0. The third kappa shape index (κ3) is 2.79. The van der Waals surface area contributed by atoms with E-state index in [4.69, 9.17) is 34.0 Å². The number of aromatic nitrogens is 1. The molecule has 0 spiro atoms. The van der Waals surface area contributed by atoms with E-state index in [1.807, 2.05) is 6.92 Å². The Labute approximate surface area is 125 Å². The highest BCUT2D eigenvalue weighted by atomic mass is 35.5. The molecule has 0 aliphatic rings. The molecule has 2 rings (SSSR count). The smallest absolute Gasteiger partial charge is 0.337 e. The van der Waals surface area contributed by atoms with Crippen molar-refractivity contribution in [2.75, 3.05) is 11.1 Å². The second kappa shape index (κ2) is 5.56. The Kier molecular flexibility index (Phi) is 4.01. The maximum absolute atomic E-state index is 10.8. The normalized spacial score (nSPS) is 10.3. The summed E-state index contributed by atoms with van der Waals surface area (Å²) in [5.74, 6) is -0.799. The molecular formula is C13H11Cl2N3O2. The summed E-state index contributed by atoms with van der Waals surface area (Å²) in [6.07, 6.45) is 1.21. The largest absolute Gasteiger partial charge is 0.478 e. The number of nitrogens with one attached hydrogen (secondary N) is 1. The number of aromatic carboxylic acids is 1. The van der Waals surface area contributed by atoms with E-state index in [2.05, 4.69) is 10.3 Å². The lowest BCUT2D eigenvalue weighted by Crippen LogP contribution is -2.04. The minimum Gasteiger partial charge on any atom is -0.478 e. The molecule has 1 aromatic heterocycles. The van der Waals surface area contributed by atoms with Gasteiger partial charge in [0.1, 0.15) is 0 Å². The van der Waals surface area contributed by atoms with Gasteiger partial charge in [0.25, 0.3) is 0 Å². The van der Waals surface area contributed by atoms with Gasteiger partial charge >= 0.3 is 5.97 Å². The number of carboxylic acid groups (broad SMARTS) is 1. The molecule has 0 aliphatic carbocycles. The van der Waals surface area contributed by atoms with Crippen molar-refractivity contribution in [2.45, 2.75) is 6.92 Å². The van der Waals surface area contributed by atoms with Crippen molar-refractivity contribution < 1.29 is 9.90 Å². The van der Waals surface area contributed by atoms with Crippen LogP contribution >= 0.6 is 23.2 Å². The van der Waals surface area contributed by atoms with Crippen molar-refractivity contribution in [3.8, 4) is 0 Å². The van der Waals surface area contributed by atoms with Gasteiger partial charge in [0, 0.05) is 6.20 Å². The van der Waals surface area contributed by atoms with Gasteiger partial charge in [0.15, 0.2) is 5.82 Å². The Hall–Kier alpha value is -1.98. The number of pyridine rings is 1. The molecular weight excluding hydrogens is 301 g/mol. The number of nitrogens with two attached hydrogens (primary N) is 1. The Morgan fingerprint density at radius 2 is 2.10 bits per heavy atom. The molecule has 0 aliphatic heterocycles. The average Bonchev–Trinajstić information content (AvgIpc) is 2.40. The van der Waals surface area contributed by atoms with E-state index in [9.17, 15) is 4.79 Å². The van der Waals surface area contributed by atoms with E-state index in [0.29, 0.717) is 21.6 Å². The first-order valence-electron chi connectivity index (χ1n) is 5.60. The van der Waals surface area contributed by atoms with Gasteiger partial charge in [0.05, 0.1) is 27.0 Å². The van der Waals surface area contributed by atoms with Gasteiger partial charge in [-0.25, -0.2) is 9.78 Å². The molecule has 1 heterocycles. The Bertz CT molecular complexity index is 690. The van der Waals surface area contributed by atoms with E-state index < -0.39 is 5.97 Å². The number of aryl methyl sites for hydroxylation is 1. The molecule has 0 saturated heterocycles. The summed E-state index contributed by atoms with van der Waals surface area (Å²) in [6, 6.07) is 4.81. The van der Waals surface area contributed by atoms with Gasteiger partial charge in [-0.2, -0.15) is 0 Å².